The lowest BCUT2D eigenvalue weighted by Gasteiger charge is -2.19. The minimum Gasteiger partial charge on any atom is -0.336 e. The lowest BCUT2D eigenvalue weighted by Crippen LogP contribution is -2.37. The van der Waals surface area contributed by atoms with Gasteiger partial charge in [0.15, 0.2) is 0 Å². The summed E-state index contributed by atoms with van der Waals surface area (Å²) in [7, 11) is -2.68. The molecular formula is C22H20FN3O4S. The molecule has 31 heavy (non-hydrogen) atoms. The van der Waals surface area contributed by atoms with Crippen LogP contribution < -0.4 is 15.4 Å². The van der Waals surface area contributed by atoms with E-state index in [-0.39, 0.29) is 4.90 Å². The molecule has 0 aliphatic carbocycles. The number of carbonyl (C=O) groups is 2. The average Bonchev–Trinajstić information content (AvgIpc) is 2.78. The molecule has 0 bridgehead atoms. The zero-order chi connectivity index (χ0) is 22.4. The molecule has 0 heterocycles. The quantitative estimate of drug-likeness (QED) is 0.524. The van der Waals surface area contributed by atoms with Crippen LogP contribution in [0.5, 0.6) is 0 Å². The van der Waals surface area contributed by atoms with Gasteiger partial charge in [-0.1, -0.05) is 48.5 Å². The summed E-state index contributed by atoms with van der Waals surface area (Å²) < 4.78 is 40.5. The van der Waals surface area contributed by atoms with Gasteiger partial charge < -0.3 is 10.6 Å². The Balaban J connectivity index is 1.92. The summed E-state index contributed by atoms with van der Waals surface area (Å²) in [6.45, 7) is 0. The Morgan fingerprint density at radius 3 is 2.13 bits per heavy atom. The van der Waals surface area contributed by atoms with Crippen molar-refractivity contribution < 1.29 is 22.4 Å². The van der Waals surface area contributed by atoms with Gasteiger partial charge in [0.25, 0.3) is 11.8 Å². The van der Waals surface area contributed by atoms with E-state index in [2.05, 4.69) is 15.4 Å². The molecule has 2 amide bonds. The largest absolute Gasteiger partial charge is 0.336 e. The smallest absolute Gasteiger partial charge is 0.255 e. The minimum absolute atomic E-state index is 0.272. The number of amides is 2. The van der Waals surface area contributed by atoms with Gasteiger partial charge in [0.1, 0.15) is 11.9 Å². The summed E-state index contributed by atoms with van der Waals surface area (Å²) in [5.41, 5.74) is 0.504. The van der Waals surface area contributed by atoms with E-state index in [0.29, 0.717) is 11.3 Å². The van der Waals surface area contributed by atoms with E-state index in [1.165, 1.54) is 7.05 Å². The van der Waals surface area contributed by atoms with E-state index in [1.807, 2.05) is 0 Å². The number of nitrogens with one attached hydrogen (secondary N) is 3. The summed E-state index contributed by atoms with van der Waals surface area (Å²) in [5.74, 6) is -2.38. The first kappa shape index (κ1) is 22.1. The second-order valence-corrected chi connectivity index (χ2v) is 8.41. The van der Waals surface area contributed by atoms with Crippen LogP contribution in [0.25, 0.3) is 0 Å². The van der Waals surface area contributed by atoms with Gasteiger partial charge in [0.05, 0.1) is 10.5 Å². The summed E-state index contributed by atoms with van der Waals surface area (Å²) in [4.78, 5) is 25.5. The van der Waals surface area contributed by atoms with Crippen molar-refractivity contribution in [3.8, 4) is 0 Å². The van der Waals surface area contributed by atoms with Crippen molar-refractivity contribution in [3.63, 3.8) is 0 Å². The van der Waals surface area contributed by atoms with E-state index in [9.17, 15) is 22.4 Å². The van der Waals surface area contributed by atoms with Crippen LogP contribution in [0, 0.1) is 5.82 Å². The molecule has 3 aromatic rings. The van der Waals surface area contributed by atoms with Gasteiger partial charge in [-0.2, -0.15) is 0 Å². The molecule has 1 unspecified atom stereocenters. The van der Waals surface area contributed by atoms with Crippen LogP contribution in [0.1, 0.15) is 22.0 Å². The number of carbonyl (C=O) groups excluding carboxylic acids is 2. The topological polar surface area (TPSA) is 104 Å². The molecule has 1 atom stereocenters. The first-order valence-electron chi connectivity index (χ1n) is 9.26. The maximum absolute atomic E-state index is 14.3. The molecule has 3 N–H and O–H groups in total. The van der Waals surface area contributed by atoms with Crippen LogP contribution in [0.3, 0.4) is 0 Å². The number of sulfonamides is 1. The third-order valence-electron chi connectivity index (χ3n) is 4.47. The number of halogens is 1. The van der Waals surface area contributed by atoms with E-state index >= 15 is 0 Å². The van der Waals surface area contributed by atoms with Crippen LogP contribution in [0.4, 0.5) is 10.1 Å². The Morgan fingerprint density at radius 1 is 0.903 bits per heavy atom. The molecule has 9 heteroatoms. The van der Waals surface area contributed by atoms with Crippen molar-refractivity contribution in [2.75, 3.05) is 12.4 Å². The van der Waals surface area contributed by atoms with Crippen molar-refractivity contribution in [3.05, 3.63) is 95.8 Å². The van der Waals surface area contributed by atoms with Gasteiger partial charge >= 0.3 is 0 Å². The third kappa shape index (κ3) is 5.33. The highest BCUT2D eigenvalue weighted by Crippen LogP contribution is 2.19. The summed E-state index contributed by atoms with van der Waals surface area (Å²) in [6.07, 6.45) is 0. The molecule has 0 fully saturated rings. The fraction of sp³-hybridized carbons (Fsp3) is 0.0909. The molecule has 0 saturated heterocycles. The fourth-order valence-electron chi connectivity index (χ4n) is 2.85. The monoisotopic (exact) mass is 441 g/mol. The van der Waals surface area contributed by atoms with E-state index in [4.69, 9.17) is 0 Å². The highest BCUT2D eigenvalue weighted by molar-refractivity contribution is 7.89. The number of hydrogen-bond acceptors (Lipinski definition) is 4. The number of para-hydroxylation sites is 1. The second kappa shape index (κ2) is 9.50. The molecule has 0 spiro atoms. The molecule has 160 valence electrons. The molecular weight excluding hydrogens is 421 g/mol. The van der Waals surface area contributed by atoms with Crippen molar-refractivity contribution in [1.82, 2.24) is 10.0 Å². The fourth-order valence-corrected chi connectivity index (χ4v) is 3.61. The van der Waals surface area contributed by atoms with Crippen molar-refractivity contribution in [2.24, 2.45) is 0 Å². The first-order chi connectivity index (χ1) is 14.8. The van der Waals surface area contributed by atoms with Crippen molar-refractivity contribution in [1.29, 1.82) is 0 Å². The Labute approximate surface area is 179 Å². The van der Waals surface area contributed by atoms with Crippen LogP contribution in [0.15, 0.2) is 83.8 Å². The molecule has 0 saturated carbocycles. The lowest BCUT2D eigenvalue weighted by atomic mass is 10.0. The number of benzene rings is 3. The van der Waals surface area contributed by atoms with Gasteiger partial charge in [0, 0.05) is 5.69 Å². The third-order valence-corrected chi connectivity index (χ3v) is 5.89. The van der Waals surface area contributed by atoms with Crippen LogP contribution in [-0.4, -0.2) is 27.3 Å². The van der Waals surface area contributed by atoms with Gasteiger partial charge in [0.2, 0.25) is 10.0 Å². The lowest BCUT2D eigenvalue weighted by molar-refractivity contribution is -0.118. The molecule has 3 rings (SSSR count). The Bertz CT molecular complexity index is 1190. The molecule has 0 aromatic heterocycles. The average molecular weight is 441 g/mol. The van der Waals surface area contributed by atoms with Gasteiger partial charge in [-0.3, -0.25) is 9.59 Å². The van der Waals surface area contributed by atoms with Crippen LogP contribution >= 0.6 is 0 Å². The Morgan fingerprint density at radius 2 is 1.52 bits per heavy atom. The number of anilines is 1. The van der Waals surface area contributed by atoms with Gasteiger partial charge in [-0.05, 0) is 42.9 Å². The summed E-state index contributed by atoms with van der Waals surface area (Å²) >= 11 is 0. The van der Waals surface area contributed by atoms with E-state index in [0.717, 1.165) is 18.2 Å². The van der Waals surface area contributed by atoms with Crippen molar-refractivity contribution >= 4 is 27.5 Å². The molecule has 7 nitrogen and oxygen atoms in total. The molecule has 0 aliphatic heterocycles. The van der Waals surface area contributed by atoms with Crippen LogP contribution in [0.2, 0.25) is 0 Å². The SMILES string of the molecule is CNS(=O)(=O)c1ccc(F)c(C(=O)NC(C(=O)Nc2ccccc2)c2ccccc2)c1. The predicted molar refractivity (Wildman–Crippen MR) is 114 cm³/mol. The minimum atomic E-state index is -3.88. The highest BCUT2D eigenvalue weighted by Gasteiger charge is 2.26. The molecule has 3 aromatic carbocycles. The zero-order valence-corrected chi connectivity index (χ0v) is 17.3. The molecule has 0 radical (unpaired) electrons. The van der Waals surface area contributed by atoms with Gasteiger partial charge in [-0.25, -0.2) is 17.5 Å². The Hall–Kier alpha value is -3.56. The van der Waals surface area contributed by atoms with Gasteiger partial charge in [-0.15, -0.1) is 0 Å². The van der Waals surface area contributed by atoms with Crippen LogP contribution in [-0.2, 0) is 14.8 Å². The standard InChI is InChI=1S/C22H20FN3O4S/c1-24-31(29,30)17-12-13-19(23)18(14-17)21(27)26-20(15-8-4-2-5-9-15)22(28)25-16-10-6-3-7-11-16/h2-14,20,24H,1H3,(H,25,28)(H,26,27). The first-order valence-corrected chi connectivity index (χ1v) is 10.7. The summed E-state index contributed by atoms with van der Waals surface area (Å²) in [5, 5.41) is 5.20. The molecule has 0 aliphatic rings. The zero-order valence-electron chi connectivity index (χ0n) is 16.5. The van der Waals surface area contributed by atoms with E-state index < -0.39 is 39.3 Å². The number of hydrogen-bond donors (Lipinski definition) is 3. The normalized spacial score (nSPS) is 12.1. The predicted octanol–water partition coefficient (Wildman–Crippen LogP) is 2.84. The highest BCUT2D eigenvalue weighted by atomic mass is 32.2. The Kier molecular flexibility index (Phi) is 6.78. The maximum Gasteiger partial charge on any atom is 0.255 e. The van der Waals surface area contributed by atoms with E-state index in [1.54, 1.807) is 60.7 Å². The second-order valence-electron chi connectivity index (χ2n) is 6.52. The van der Waals surface area contributed by atoms with Crippen molar-refractivity contribution in [2.45, 2.75) is 10.9 Å². The summed E-state index contributed by atoms with van der Waals surface area (Å²) in [6, 6.07) is 18.8. The maximum atomic E-state index is 14.3. The number of rotatable bonds is 7.